The van der Waals surface area contributed by atoms with Crippen LogP contribution in [-0.4, -0.2) is 63.2 Å². The number of fused-ring (bicyclic) bond motifs is 1. The van der Waals surface area contributed by atoms with Gasteiger partial charge in [-0.15, -0.1) is 0 Å². The number of halogens is 2. The molecular weight excluding hydrogens is 553 g/mol. The second kappa shape index (κ2) is 12.9. The summed E-state index contributed by atoms with van der Waals surface area (Å²) >= 11 is 12.3. The molecule has 2 aromatic rings. The number of ether oxygens (including phenoxy) is 2. The first kappa shape index (κ1) is 29.9. The number of nitrogens with one attached hydrogen (secondary N) is 1. The van der Waals surface area contributed by atoms with Crippen molar-refractivity contribution in [3.05, 3.63) is 52.0 Å². The molecule has 2 unspecified atom stereocenters. The van der Waals surface area contributed by atoms with Gasteiger partial charge in [-0.05, 0) is 49.6 Å². The largest absolute Gasteiger partial charge is 0.486 e. The van der Waals surface area contributed by atoms with Gasteiger partial charge in [0.25, 0.3) is 0 Å². The highest BCUT2D eigenvalue weighted by Crippen LogP contribution is 2.35. The predicted octanol–water partition coefficient (Wildman–Crippen LogP) is 4.25. The lowest BCUT2D eigenvalue weighted by Gasteiger charge is -2.33. The first-order valence-electron chi connectivity index (χ1n) is 12.4. The molecule has 38 heavy (non-hydrogen) atoms. The Hall–Kier alpha value is -2.69. The molecule has 0 bridgehead atoms. The Balaban J connectivity index is 1.97. The highest BCUT2D eigenvalue weighted by Gasteiger charge is 2.32. The molecule has 0 spiro atoms. The third kappa shape index (κ3) is 7.45. The first-order valence-corrected chi connectivity index (χ1v) is 15.0. The molecule has 208 valence electrons. The summed E-state index contributed by atoms with van der Waals surface area (Å²) in [6, 6.07) is 8.70. The van der Waals surface area contributed by atoms with Crippen LogP contribution in [0.1, 0.15) is 39.2 Å². The van der Waals surface area contributed by atoms with Gasteiger partial charge in [0.05, 0.1) is 22.0 Å². The van der Waals surface area contributed by atoms with Gasteiger partial charge in [-0.25, -0.2) is 8.42 Å². The van der Waals surface area contributed by atoms with Crippen LogP contribution in [0.25, 0.3) is 0 Å². The first-order chi connectivity index (χ1) is 17.9. The molecule has 1 heterocycles. The molecule has 9 nitrogen and oxygen atoms in total. The van der Waals surface area contributed by atoms with Crippen molar-refractivity contribution in [3.63, 3.8) is 0 Å². The van der Waals surface area contributed by atoms with Crippen LogP contribution in [0.5, 0.6) is 11.5 Å². The summed E-state index contributed by atoms with van der Waals surface area (Å²) in [5, 5.41) is 3.60. The highest BCUT2D eigenvalue weighted by molar-refractivity contribution is 7.92. The average molecular weight is 587 g/mol. The van der Waals surface area contributed by atoms with E-state index < -0.39 is 28.5 Å². The van der Waals surface area contributed by atoms with Crippen LogP contribution >= 0.6 is 23.2 Å². The zero-order chi connectivity index (χ0) is 28.0. The lowest BCUT2D eigenvalue weighted by atomic mass is 10.1. The molecule has 0 aliphatic carbocycles. The number of rotatable bonds is 11. The molecule has 1 N–H and O–H groups in total. The zero-order valence-electron chi connectivity index (χ0n) is 21.9. The van der Waals surface area contributed by atoms with Gasteiger partial charge in [-0.1, -0.05) is 43.1 Å². The molecule has 1 aliphatic rings. The topological polar surface area (TPSA) is 105 Å². The molecule has 12 heteroatoms. The van der Waals surface area contributed by atoms with Crippen molar-refractivity contribution in [3.8, 4) is 11.5 Å². The molecule has 2 aromatic carbocycles. The second-order valence-electron chi connectivity index (χ2n) is 9.11. The lowest BCUT2D eigenvalue weighted by Crippen LogP contribution is -2.53. The minimum absolute atomic E-state index is 0.0287. The number of hydrogen-bond acceptors (Lipinski definition) is 6. The van der Waals surface area contributed by atoms with E-state index in [1.165, 1.54) is 11.0 Å². The van der Waals surface area contributed by atoms with Crippen LogP contribution in [-0.2, 0) is 26.2 Å². The van der Waals surface area contributed by atoms with Crippen molar-refractivity contribution >= 4 is 50.7 Å². The van der Waals surface area contributed by atoms with Crippen LogP contribution in [0, 0.1) is 0 Å². The Bertz CT molecular complexity index is 1270. The molecule has 0 radical (unpaired) electrons. The fourth-order valence-corrected chi connectivity index (χ4v) is 5.16. The van der Waals surface area contributed by atoms with Gasteiger partial charge in [0.2, 0.25) is 21.8 Å². The van der Waals surface area contributed by atoms with E-state index in [1.807, 2.05) is 13.8 Å². The van der Waals surface area contributed by atoms with E-state index in [1.54, 1.807) is 37.3 Å². The normalized spacial score (nSPS) is 14.4. The van der Waals surface area contributed by atoms with E-state index in [9.17, 15) is 18.0 Å². The van der Waals surface area contributed by atoms with Gasteiger partial charge in [0, 0.05) is 18.7 Å². The van der Waals surface area contributed by atoms with Crippen LogP contribution in [0.15, 0.2) is 36.4 Å². The highest BCUT2D eigenvalue weighted by atomic mass is 35.5. The summed E-state index contributed by atoms with van der Waals surface area (Å²) in [5.41, 5.74) is 0.893. The maximum atomic E-state index is 13.8. The molecule has 0 saturated heterocycles. The molecule has 1 aliphatic heterocycles. The molecule has 0 saturated carbocycles. The van der Waals surface area contributed by atoms with E-state index >= 15 is 0 Å². The van der Waals surface area contributed by atoms with Crippen LogP contribution in [0.3, 0.4) is 0 Å². The average Bonchev–Trinajstić information content (AvgIpc) is 2.88. The molecule has 3 rings (SSSR count). The van der Waals surface area contributed by atoms with Crippen molar-refractivity contribution < 1.29 is 27.5 Å². The molecule has 2 amide bonds. The van der Waals surface area contributed by atoms with Crippen LogP contribution in [0.2, 0.25) is 10.0 Å². The monoisotopic (exact) mass is 585 g/mol. The minimum atomic E-state index is -3.88. The fourth-order valence-electron chi connectivity index (χ4n) is 4.00. The van der Waals surface area contributed by atoms with E-state index in [0.717, 1.165) is 17.0 Å². The number of benzene rings is 2. The van der Waals surface area contributed by atoms with Crippen molar-refractivity contribution in [1.29, 1.82) is 0 Å². The Morgan fingerprint density at radius 3 is 2.29 bits per heavy atom. The number of nitrogens with zero attached hydrogens (tertiary/aromatic N) is 2. The predicted molar refractivity (Wildman–Crippen MR) is 149 cm³/mol. The summed E-state index contributed by atoms with van der Waals surface area (Å²) in [6.07, 6.45) is 2.06. The molecule has 2 atom stereocenters. The van der Waals surface area contributed by atoms with Crippen molar-refractivity contribution in [2.75, 3.05) is 30.3 Å². The van der Waals surface area contributed by atoms with E-state index in [0.29, 0.717) is 46.7 Å². The van der Waals surface area contributed by atoms with Crippen molar-refractivity contribution in [2.24, 2.45) is 0 Å². The van der Waals surface area contributed by atoms with Crippen LogP contribution in [0.4, 0.5) is 5.69 Å². The summed E-state index contributed by atoms with van der Waals surface area (Å²) in [7, 11) is -3.88. The van der Waals surface area contributed by atoms with Gasteiger partial charge in [0.15, 0.2) is 11.5 Å². The van der Waals surface area contributed by atoms with Crippen molar-refractivity contribution in [1.82, 2.24) is 10.2 Å². The Kier molecular flexibility index (Phi) is 10.1. The lowest BCUT2D eigenvalue weighted by molar-refractivity contribution is -0.140. The fraction of sp³-hybridized carbons (Fsp3) is 0.462. The van der Waals surface area contributed by atoms with Crippen molar-refractivity contribution in [2.45, 2.75) is 52.2 Å². The van der Waals surface area contributed by atoms with E-state index in [-0.39, 0.29) is 24.2 Å². The SMILES string of the molecule is CCC(C)NC(=O)C(CC)N(Cc1ccc(Cl)c(Cl)c1)C(=O)CN(c1ccc2c(c1)OCCO2)S(C)(=O)=O. The minimum Gasteiger partial charge on any atom is -0.486 e. The van der Waals surface area contributed by atoms with E-state index in [2.05, 4.69) is 5.32 Å². The molecule has 0 fully saturated rings. The summed E-state index contributed by atoms with van der Waals surface area (Å²) in [4.78, 5) is 28.4. The van der Waals surface area contributed by atoms with Gasteiger partial charge in [-0.2, -0.15) is 0 Å². The number of carbonyl (C=O) groups is 2. The van der Waals surface area contributed by atoms with E-state index in [4.69, 9.17) is 32.7 Å². The van der Waals surface area contributed by atoms with Gasteiger partial charge in [0.1, 0.15) is 25.8 Å². The Morgan fingerprint density at radius 1 is 1.00 bits per heavy atom. The number of sulfonamides is 1. The Labute approximate surface area is 234 Å². The number of hydrogen-bond donors (Lipinski definition) is 1. The zero-order valence-corrected chi connectivity index (χ0v) is 24.2. The maximum absolute atomic E-state index is 13.8. The maximum Gasteiger partial charge on any atom is 0.244 e. The summed E-state index contributed by atoms with van der Waals surface area (Å²) in [5.74, 6) is 0.0127. The summed E-state index contributed by atoms with van der Waals surface area (Å²) in [6.45, 7) is 5.85. The quantitative estimate of drug-likeness (QED) is 0.422. The standard InChI is InChI=1S/C26H33Cl2N3O6S/c1-5-17(3)29-26(33)22(6-2)30(15-18-7-9-20(27)21(28)13-18)25(32)16-31(38(4,34)35)19-8-10-23-24(14-19)37-12-11-36-23/h7-10,13-14,17,22H,5-6,11-12,15-16H2,1-4H3,(H,29,33). The van der Waals surface area contributed by atoms with Gasteiger partial charge >= 0.3 is 0 Å². The smallest absolute Gasteiger partial charge is 0.244 e. The summed E-state index contributed by atoms with van der Waals surface area (Å²) < 4.78 is 37.8. The van der Waals surface area contributed by atoms with Gasteiger partial charge in [-0.3, -0.25) is 13.9 Å². The third-order valence-corrected chi connectivity index (χ3v) is 8.10. The molecular formula is C26H33Cl2N3O6S. The van der Waals surface area contributed by atoms with Gasteiger partial charge < -0.3 is 19.7 Å². The van der Waals surface area contributed by atoms with Crippen LogP contribution < -0.4 is 19.1 Å². The third-order valence-electron chi connectivity index (χ3n) is 6.22. The number of amides is 2. The number of carbonyl (C=O) groups excluding carboxylic acids is 2. The number of anilines is 1. The second-order valence-corrected chi connectivity index (χ2v) is 11.8. The molecule has 0 aromatic heterocycles. The Morgan fingerprint density at radius 2 is 1.68 bits per heavy atom.